The van der Waals surface area contributed by atoms with Crippen LogP contribution in [0.3, 0.4) is 0 Å². The van der Waals surface area contributed by atoms with Gasteiger partial charge in [-0.15, -0.1) is 11.8 Å². The predicted octanol–water partition coefficient (Wildman–Crippen LogP) is 4.94. The van der Waals surface area contributed by atoms with Gasteiger partial charge in [-0.3, -0.25) is 14.2 Å². The summed E-state index contributed by atoms with van der Waals surface area (Å²) in [4.78, 5) is 25.7. The number of carbonyl (C=O) groups is 1. The van der Waals surface area contributed by atoms with Gasteiger partial charge in [-0.25, -0.2) is 0 Å². The topological polar surface area (TPSA) is 51.1 Å². The van der Waals surface area contributed by atoms with E-state index in [2.05, 4.69) is 42.6 Å². The van der Waals surface area contributed by atoms with Crippen molar-refractivity contribution in [3.8, 4) is 0 Å². The van der Waals surface area contributed by atoms with E-state index in [1.54, 1.807) is 34.5 Å². The van der Waals surface area contributed by atoms with Crippen molar-refractivity contribution in [2.75, 3.05) is 5.75 Å². The summed E-state index contributed by atoms with van der Waals surface area (Å²) in [5.74, 6) is 0.482. The third-order valence-corrected chi connectivity index (χ3v) is 7.10. The number of benzene rings is 3. The number of pyridine rings is 1. The summed E-state index contributed by atoms with van der Waals surface area (Å²) in [7, 11) is 0. The largest absolute Gasteiger partial charge is 0.331 e. The Hall–Kier alpha value is -3.31. The minimum absolute atomic E-state index is 0.0702. The van der Waals surface area contributed by atoms with Gasteiger partial charge in [0.2, 0.25) is 0 Å². The van der Waals surface area contributed by atoms with Crippen LogP contribution in [0.2, 0.25) is 0 Å². The van der Waals surface area contributed by atoms with Crippen LogP contribution >= 0.6 is 11.8 Å². The molecule has 0 saturated heterocycles. The molecule has 1 aliphatic heterocycles. The zero-order valence-electron chi connectivity index (χ0n) is 17.2. The smallest absolute Gasteiger partial charge is 0.253 e. The van der Waals surface area contributed by atoms with E-state index in [1.165, 1.54) is 16.3 Å². The Kier molecular flexibility index (Phi) is 5.12. The molecule has 0 saturated carbocycles. The zero-order chi connectivity index (χ0) is 21.4. The lowest BCUT2D eigenvalue weighted by atomic mass is 9.97. The van der Waals surface area contributed by atoms with Crippen molar-refractivity contribution < 1.29 is 4.79 Å². The number of rotatable bonds is 4. The van der Waals surface area contributed by atoms with Crippen LogP contribution in [0.25, 0.3) is 10.8 Å². The molecule has 0 aliphatic carbocycles. The van der Waals surface area contributed by atoms with Crippen molar-refractivity contribution in [1.82, 2.24) is 9.88 Å². The SMILES string of the molecule is Cc1c(Cc2cccc3ccccc23)cc(=O)n2c1SC[C@H]2NC(=O)c1ccccc1. The Morgan fingerprint density at radius 3 is 2.58 bits per heavy atom. The molecule has 4 nitrogen and oxygen atoms in total. The molecule has 0 spiro atoms. The second-order valence-electron chi connectivity index (χ2n) is 7.79. The van der Waals surface area contributed by atoms with Crippen LogP contribution in [-0.2, 0) is 6.42 Å². The van der Waals surface area contributed by atoms with Crippen molar-refractivity contribution in [2.24, 2.45) is 0 Å². The van der Waals surface area contributed by atoms with E-state index in [0.29, 0.717) is 17.7 Å². The molecule has 4 aromatic rings. The first-order valence-corrected chi connectivity index (χ1v) is 11.3. The fourth-order valence-electron chi connectivity index (χ4n) is 4.22. The number of carbonyl (C=O) groups excluding carboxylic acids is 1. The van der Waals surface area contributed by atoms with Crippen LogP contribution in [0.15, 0.2) is 88.7 Å². The molecule has 1 aliphatic rings. The van der Waals surface area contributed by atoms with Gasteiger partial charge in [-0.05, 0) is 52.9 Å². The molecule has 3 aromatic carbocycles. The highest BCUT2D eigenvalue weighted by atomic mass is 32.2. The van der Waals surface area contributed by atoms with Crippen LogP contribution in [-0.4, -0.2) is 16.2 Å². The minimum atomic E-state index is -0.342. The highest BCUT2D eigenvalue weighted by Gasteiger charge is 2.28. The lowest BCUT2D eigenvalue weighted by Crippen LogP contribution is -2.37. The molecule has 1 N–H and O–H groups in total. The first-order valence-electron chi connectivity index (χ1n) is 10.3. The molecule has 1 atom stereocenters. The van der Waals surface area contributed by atoms with Crippen LogP contribution in [0.4, 0.5) is 0 Å². The predicted molar refractivity (Wildman–Crippen MR) is 126 cm³/mol. The van der Waals surface area contributed by atoms with Gasteiger partial charge in [0.05, 0.1) is 5.03 Å². The summed E-state index contributed by atoms with van der Waals surface area (Å²) in [6.45, 7) is 2.07. The number of amides is 1. The number of nitrogens with zero attached hydrogens (tertiary/aromatic N) is 1. The minimum Gasteiger partial charge on any atom is -0.331 e. The fraction of sp³-hybridized carbons (Fsp3) is 0.154. The van der Waals surface area contributed by atoms with Crippen molar-refractivity contribution in [1.29, 1.82) is 0 Å². The van der Waals surface area contributed by atoms with Crippen LogP contribution < -0.4 is 10.9 Å². The van der Waals surface area contributed by atoms with Crippen molar-refractivity contribution in [2.45, 2.75) is 24.5 Å². The highest BCUT2D eigenvalue weighted by Crippen LogP contribution is 2.35. The number of fused-ring (bicyclic) bond motifs is 2. The summed E-state index contributed by atoms with van der Waals surface area (Å²) in [6.07, 6.45) is 0.364. The first kappa shape index (κ1) is 19.6. The van der Waals surface area contributed by atoms with Gasteiger partial charge in [0.25, 0.3) is 11.5 Å². The zero-order valence-corrected chi connectivity index (χ0v) is 18.0. The molecule has 0 fully saturated rings. The van der Waals surface area contributed by atoms with Gasteiger partial charge in [-0.2, -0.15) is 0 Å². The van der Waals surface area contributed by atoms with Crippen LogP contribution in [0.5, 0.6) is 0 Å². The second kappa shape index (κ2) is 8.08. The highest BCUT2D eigenvalue weighted by molar-refractivity contribution is 7.99. The third-order valence-electron chi connectivity index (χ3n) is 5.84. The summed E-state index contributed by atoms with van der Waals surface area (Å²) >= 11 is 1.63. The molecule has 0 bridgehead atoms. The van der Waals surface area contributed by atoms with Crippen LogP contribution in [0.1, 0.15) is 33.2 Å². The quantitative estimate of drug-likeness (QED) is 0.503. The Labute approximate surface area is 184 Å². The molecule has 1 amide bonds. The van der Waals surface area contributed by atoms with E-state index in [1.807, 2.05) is 30.3 Å². The Morgan fingerprint density at radius 2 is 1.74 bits per heavy atom. The van der Waals surface area contributed by atoms with Crippen molar-refractivity contribution in [3.63, 3.8) is 0 Å². The average Bonchev–Trinajstić information content (AvgIpc) is 3.22. The molecule has 5 heteroatoms. The lowest BCUT2D eigenvalue weighted by molar-refractivity contribution is 0.0925. The molecule has 0 unspecified atom stereocenters. The molecular formula is C26H22N2O2S. The van der Waals surface area contributed by atoms with Gasteiger partial charge in [0, 0.05) is 17.4 Å². The molecule has 2 heterocycles. The molecule has 5 rings (SSSR count). The number of nitrogens with one attached hydrogen (secondary N) is 1. The molecular weight excluding hydrogens is 404 g/mol. The number of aromatic nitrogens is 1. The Balaban J connectivity index is 1.46. The van der Waals surface area contributed by atoms with Gasteiger partial charge in [0.15, 0.2) is 0 Å². The molecule has 1 aromatic heterocycles. The van der Waals surface area contributed by atoms with Gasteiger partial charge < -0.3 is 5.32 Å². The Morgan fingerprint density at radius 1 is 1.00 bits per heavy atom. The van der Waals surface area contributed by atoms with E-state index in [9.17, 15) is 9.59 Å². The number of thioether (sulfide) groups is 1. The Bertz CT molecular complexity index is 1340. The van der Waals surface area contributed by atoms with Crippen molar-refractivity contribution >= 4 is 28.4 Å². The van der Waals surface area contributed by atoms with Crippen LogP contribution in [0, 0.1) is 6.92 Å². The monoisotopic (exact) mass is 426 g/mol. The van der Waals surface area contributed by atoms with E-state index in [0.717, 1.165) is 16.2 Å². The molecule has 31 heavy (non-hydrogen) atoms. The molecule has 0 radical (unpaired) electrons. The summed E-state index contributed by atoms with van der Waals surface area (Å²) in [5, 5.41) is 6.38. The van der Waals surface area contributed by atoms with Gasteiger partial charge in [0.1, 0.15) is 6.17 Å². The number of hydrogen-bond acceptors (Lipinski definition) is 3. The van der Waals surface area contributed by atoms with E-state index in [-0.39, 0.29) is 17.6 Å². The standard InChI is InChI=1S/C26H22N2O2S/c1-17-21(14-20-12-7-11-18-8-5-6-13-22(18)20)15-24(29)28-23(16-31-26(17)28)27-25(30)19-9-3-2-4-10-19/h2-13,15,23H,14,16H2,1H3,(H,27,30)/t23-/m0/s1. The average molecular weight is 427 g/mol. The number of hydrogen-bond donors (Lipinski definition) is 1. The van der Waals surface area contributed by atoms with Crippen molar-refractivity contribution in [3.05, 3.63) is 111 Å². The maximum absolute atomic E-state index is 13.1. The molecule has 154 valence electrons. The summed E-state index contributed by atoms with van der Waals surface area (Å²) < 4.78 is 1.73. The fourth-order valence-corrected chi connectivity index (χ4v) is 5.47. The van der Waals surface area contributed by atoms with Gasteiger partial charge in [-0.1, -0.05) is 60.7 Å². The van der Waals surface area contributed by atoms with Gasteiger partial charge >= 0.3 is 0 Å². The van der Waals surface area contributed by atoms with E-state index in [4.69, 9.17) is 0 Å². The maximum atomic E-state index is 13.1. The summed E-state index contributed by atoms with van der Waals surface area (Å²) in [5.41, 5.74) is 3.88. The third kappa shape index (κ3) is 3.66. The second-order valence-corrected chi connectivity index (χ2v) is 8.80. The summed E-state index contributed by atoms with van der Waals surface area (Å²) in [6, 6.07) is 25.5. The maximum Gasteiger partial charge on any atom is 0.253 e. The first-order chi connectivity index (χ1) is 15.1. The normalized spacial score (nSPS) is 15.1. The lowest BCUT2D eigenvalue weighted by Gasteiger charge is -2.18. The van der Waals surface area contributed by atoms with E-state index >= 15 is 0 Å². The van der Waals surface area contributed by atoms with E-state index < -0.39 is 0 Å².